The third-order valence-corrected chi connectivity index (χ3v) is 6.46. The first-order chi connectivity index (χ1) is 15.0. The number of likely N-dealkylation sites (tertiary alicyclic amines) is 1. The molecule has 2 fully saturated rings. The second-order valence-corrected chi connectivity index (χ2v) is 8.35. The van der Waals surface area contributed by atoms with E-state index in [0.29, 0.717) is 22.9 Å². The summed E-state index contributed by atoms with van der Waals surface area (Å²) in [7, 11) is 1.57. The second kappa shape index (κ2) is 9.47. The summed E-state index contributed by atoms with van der Waals surface area (Å²) in [6, 6.07) is 13.8. The number of carbonyl (C=O) groups excluding carboxylic acids is 2. The molecule has 0 spiro atoms. The molecule has 164 valence electrons. The number of hydrogen-bond donors (Lipinski definition) is 2. The van der Waals surface area contributed by atoms with E-state index in [4.69, 9.17) is 4.74 Å². The molecular weight excluding hydrogens is 397 g/mol. The van der Waals surface area contributed by atoms with Crippen LogP contribution in [0.25, 0.3) is 0 Å². The highest BCUT2D eigenvalue weighted by atomic mass is 19.1. The second-order valence-electron chi connectivity index (χ2n) is 8.35. The van der Waals surface area contributed by atoms with Gasteiger partial charge in [0.1, 0.15) is 11.6 Å². The van der Waals surface area contributed by atoms with E-state index in [1.807, 2.05) is 18.2 Å². The van der Waals surface area contributed by atoms with E-state index < -0.39 is 0 Å². The van der Waals surface area contributed by atoms with Crippen molar-refractivity contribution in [1.82, 2.24) is 10.2 Å². The fourth-order valence-electron chi connectivity index (χ4n) is 4.70. The zero-order valence-electron chi connectivity index (χ0n) is 17.6. The van der Waals surface area contributed by atoms with Crippen LogP contribution in [-0.2, 0) is 16.1 Å². The maximum atomic E-state index is 13.8. The van der Waals surface area contributed by atoms with Gasteiger partial charge >= 0.3 is 0 Å². The Morgan fingerprint density at radius 1 is 1.16 bits per heavy atom. The van der Waals surface area contributed by atoms with Crippen molar-refractivity contribution in [2.75, 3.05) is 32.1 Å². The van der Waals surface area contributed by atoms with Gasteiger partial charge in [-0.15, -0.1) is 0 Å². The molecule has 2 N–H and O–H groups in total. The Hall–Kier alpha value is -2.93. The highest BCUT2D eigenvalue weighted by Gasteiger charge is 2.47. The summed E-state index contributed by atoms with van der Waals surface area (Å²) in [6.45, 7) is 2.06. The van der Waals surface area contributed by atoms with Crippen molar-refractivity contribution in [1.29, 1.82) is 0 Å². The van der Waals surface area contributed by atoms with Gasteiger partial charge in [-0.1, -0.05) is 30.3 Å². The molecule has 3 atom stereocenters. The maximum Gasteiger partial charge on any atom is 0.238 e. The first kappa shape index (κ1) is 21.3. The van der Waals surface area contributed by atoms with Gasteiger partial charge < -0.3 is 15.4 Å². The summed E-state index contributed by atoms with van der Waals surface area (Å²) >= 11 is 0. The molecular formula is C24H28FN3O3. The quantitative estimate of drug-likeness (QED) is 0.715. The van der Waals surface area contributed by atoms with E-state index in [9.17, 15) is 14.0 Å². The molecule has 1 saturated heterocycles. The number of benzene rings is 2. The Balaban J connectivity index is 1.28. The number of anilines is 1. The Morgan fingerprint density at radius 3 is 2.74 bits per heavy atom. The lowest BCUT2D eigenvalue weighted by molar-refractivity contribution is -0.137. The topological polar surface area (TPSA) is 70.7 Å². The minimum atomic E-state index is -0.306. The van der Waals surface area contributed by atoms with Gasteiger partial charge in [0, 0.05) is 24.6 Å². The molecule has 7 heteroatoms. The summed E-state index contributed by atoms with van der Waals surface area (Å²) in [5, 5.41) is 5.80. The monoisotopic (exact) mass is 425 g/mol. The van der Waals surface area contributed by atoms with Gasteiger partial charge in [-0.2, -0.15) is 0 Å². The van der Waals surface area contributed by atoms with Crippen molar-refractivity contribution in [2.45, 2.75) is 19.4 Å². The molecule has 0 unspecified atom stereocenters. The van der Waals surface area contributed by atoms with Crippen molar-refractivity contribution in [3.63, 3.8) is 0 Å². The van der Waals surface area contributed by atoms with Crippen LogP contribution in [0.2, 0.25) is 0 Å². The Bertz CT molecular complexity index is 951. The molecule has 6 nitrogen and oxygen atoms in total. The molecule has 4 rings (SSSR count). The minimum Gasteiger partial charge on any atom is -0.495 e. The van der Waals surface area contributed by atoms with Crippen LogP contribution in [0.4, 0.5) is 10.1 Å². The van der Waals surface area contributed by atoms with Crippen molar-refractivity contribution in [2.24, 2.45) is 17.8 Å². The number of rotatable bonds is 7. The summed E-state index contributed by atoms with van der Waals surface area (Å²) in [6.07, 6.45) is 1.86. The van der Waals surface area contributed by atoms with Crippen molar-refractivity contribution < 1.29 is 18.7 Å². The van der Waals surface area contributed by atoms with Crippen LogP contribution in [0.5, 0.6) is 5.75 Å². The number of ether oxygens (including phenoxy) is 1. The fraction of sp³-hybridized carbons (Fsp3) is 0.417. The zero-order valence-corrected chi connectivity index (χ0v) is 17.6. The molecule has 2 aliphatic rings. The number of hydrogen-bond acceptors (Lipinski definition) is 4. The number of methoxy groups -OCH3 is 1. The molecule has 0 radical (unpaired) electrons. The number of nitrogens with one attached hydrogen (secondary N) is 2. The van der Waals surface area contributed by atoms with E-state index in [1.54, 1.807) is 31.4 Å². The third kappa shape index (κ3) is 4.88. The number of halogens is 1. The maximum absolute atomic E-state index is 13.8. The van der Waals surface area contributed by atoms with E-state index in [-0.39, 0.29) is 42.6 Å². The lowest BCUT2D eigenvalue weighted by Gasteiger charge is -2.50. The number of fused-ring (bicyclic) bond motifs is 1. The van der Waals surface area contributed by atoms with E-state index >= 15 is 0 Å². The highest BCUT2D eigenvalue weighted by Crippen LogP contribution is 2.45. The van der Waals surface area contributed by atoms with E-state index in [0.717, 1.165) is 25.9 Å². The number of para-hydroxylation sites is 2. The average molecular weight is 426 g/mol. The minimum absolute atomic E-state index is 0.0233. The van der Waals surface area contributed by atoms with Gasteiger partial charge in [0.05, 0.1) is 19.3 Å². The summed E-state index contributed by atoms with van der Waals surface area (Å²) < 4.78 is 19.1. The predicted molar refractivity (Wildman–Crippen MR) is 116 cm³/mol. The Kier molecular flexibility index (Phi) is 6.51. The summed E-state index contributed by atoms with van der Waals surface area (Å²) in [5.74, 6) is 0.898. The Morgan fingerprint density at radius 2 is 1.94 bits per heavy atom. The molecule has 1 saturated carbocycles. The van der Waals surface area contributed by atoms with Gasteiger partial charge in [-0.05, 0) is 49.4 Å². The smallest absolute Gasteiger partial charge is 0.238 e. The average Bonchev–Trinajstić information content (AvgIpc) is 2.75. The van der Waals surface area contributed by atoms with Gasteiger partial charge in [0.2, 0.25) is 11.8 Å². The van der Waals surface area contributed by atoms with Crippen LogP contribution >= 0.6 is 0 Å². The number of piperidine rings is 1. The van der Waals surface area contributed by atoms with Gasteiger partial charge in [0.25, 0.3) is 0 Å². The Labute approximate surface area is 181 Å². The highest BCUT2D eigenvalue weighted by molar-refractivity contribution is 5.93. The molecule has 0 aromatic heterocycles. The first-order valence-corrected chi connectivity index (χ1v) is 10.7. The lowest BCUT2D eigenvalue weighted by atomic mass is 9.61. The number of carbonyl (C=O) groups is 2. The van der Waals surface area contributed by atoms with Crippen LogP contribution < -0.4 is 15.4 Å². The van der Waals surface area contributed by atoms with Gasteiger partial charge in [0.15, 0.2) is 0 Å². The molecule has 2 aromatic rings. The third-order valence-electron chi connectivity index (χ3n) is 6.46. The largest absolute Gasteiger partial charge is 0.495 e. The predicted octanol–water partition coefficient (Wildman–Crippen LogP) is 3.05. The molecule has 1 aliphatic heterocycles. The molecule has 31 heavy (non-hydrogen) atoms. The normalized spacial score (nSPS) is 22.7. The lowest BCUT2D eigenvalue weighted by Crippen LogP contribution is -2.55. The van der Waals surface area contributed by atoms with Crippen molar-refractivity contribution >= 4 is 17.5 Å². The van der Waals surface area contributed by atoms with Crippen LogP contribution in [0, 0.1) is 23.6 Å². The SMILES string of the molecule is COc1ccccc1NC(=O)CN1CC[C@@H]2C[C@@H](C(=O)NCc3ccccc3F)[C@@H]2C1. The van der Waals surface area contributed by atoms with Crippen LogP contribution in [0.1, 0.15) is 18.4 Å². The van der Waals surface area contributed by atoms with Gasteiger partial charge in [-0.25, -0.2) is 4.39 Å². The summed E-state index contributed by atoms with van der Waals surface area (Å²) in [4.78, 5) is 27.3. The molecule has 0 bridgehead atoms. The van der Waals surface area contributed by atoms with E-state index in [2.05, 4.69) is 15.5 Å². The number of nitrogens with zero attached hydrogens (tertiary/aromatic N) is 1. The zero-order chi connectivity index (χ0) is 21.8. The number of amides is 2. The molecule has 1 heterocycles. The fourth-order valence-corrected chi connectivity index (χ4v) is 4.70. The van der Waals surface area contributed by atoms with E-state index in [1.165, 1.54) is 6.07 Å². The standard InChI is InChI=1S/C24H28FN3O3/c1-31-22-9-5-4-8-21(22)27-23(29)15-28-11-10-16-12-18(19(16)14-28)24(30)26-13-17-6-2-3-7-20(17)25/h2-9,16,18-19H,10-15H2,1H3,(H,26,30)(H,27,29)/t16-,18-,19-/m1/s1. The summed E-state index contributed by atoms with van der Waals surface area (Å²) in [5.41, 5.74) is 1.14. The first-order valence-electron chi connectivity index (χ1n) is 10.7. The molecule has 2 aromatic carbocycles. The van der Waals surface area contributed by atoms with Crippen LogP contribution in [0.3, 0.4) is 0 Å². The van der Waals surface area contributed by atoms with Crippen molar-refractivity contribution in [3.8, 4) is 5.75 Å². The molecule has 2 amide bonds. The van der Waals surface area contributed by atoms with Crippen molar-refractivity contribution in [3.05, 3.63) is 59.9 Å². The van der Waals surface area contributed by atoms with Gasteiger partial charge in [-0.3, -0.25) is 14.5 Å². The van der Waals surface area contributed by atoms with Crippen LogP contribution in [0.15, 0.2) is 48.5 Å². The van der Waals surface area contributed by atoms with Crippen LogP contribution in [-0.4, -0.2) is 43.5 Å². The molecule has 1 aliphatic carbocycles.